The van der Waals surface area contributed by atoms with Crippen LogP contribution in [-0.2, 0) is 9.73 Å². The number of piperidine rings is 1. The third kappa shape index (κ3) is 5.87. The Bertz CT molecular complexity index is 1410. The molecule has 0 radical (unpaired) electrons. The molecular weight excluding hydrogens is 490 g/mol. The van der Waals surface area contributed by atoms with Gasteiger partial charge in [0.2, 0.25) is 0 Å². The van der Waals surface area contributed by atoms with Gasteiger partial charge in [-0.25, -0.2) is 18.1 Å². The lowest BCUT2D eigenvalue weighted by atomic mass is 10.1. The van der Waals surface area contributed by atoms with E-state index >= 15 is 0 Å². The van der Waals surface area contributed by atoms with Crippen LogP contribution in [0.3, 0.4) is 0 Å². The molecule has 5 heterocycles. The Hall–Kier alpha value is -3.20. The molecule has 0 unspecified atom stereocenters. The minimum absolute atomic E-state index is 0.115. The van der Waals surface area contributed by atoms with Gasteiger partial charge in [0, 0.05) is 41.9 Å². The first-order valence-corrected chi connectivity index (χ1v) is 14.5. The van der Waals surface area contributed by atoms with E-state index in [0.29, 0.717) is 41.4 Å². The lowest BCUT2D eigenvalue weighted by Crippen LogP contribution is -2.41. The van der Waals surface area contributed by atoms with Crippen molar-refractivity contribution in [3.63, 3.8) is 0 Å². The first-order chi connectivity index (χ1) is 17.7. The molecule has 2 aliphatic rings. The second-order valence-corrected chi connectivity index (χ2v) is 12.9. The zero-order valence-electron chi connectivity index (χ0n) is 21.3. The van der Waals surface area contributed by atoms with Crippen LogP contribution in [0.25, 0.3) is 16.6 Å². The van der Waals surface area contributed by atoms with Gasteiger partial charge in [-0.3, -0.25) is 0 Å². The lowest BCUT2D eigenvalue weighted by Gasteiger charge is -2.31. The van der Waals surface area contributed by atoms with Gasteiger partial charge in [-0.2, -0.15) is 10.4 Å². The van der Waals surface area contributed by atoms with Crippen LogP contribution in [0.4, 0.5) is 5.82 Å². The molecule has 2 saturated heterocycles. The number of hydrogen-bond acceptors (Lipinski definition) is 9. The molecule has 0 aliphatic carbocycles. The summed E-state index contributed by atoms with van der Waals surface area (Å²) in [6, 6.07) is 8.18. The molecule has 0 amide bonds. The first-order valence-electron chi connectivity index (χ1n) is 12.6. The highest BCUT2D eigenvalue weighted by atomic mass is 32.2. The second kappa shape index (κ2) is 10.3. The predicted octanol–water partition coefficient (Wildman–Crippen LogP) is 2.46. The molecule has 0 bridgehead atoms. The normalized spacial score (nSPS) is 18.5. The van der Waals surface area contributed by atoms with Crippen molar-refractivity contribution < 1.29 is 14.1 Å². The van der Waals surface area contributed by atoms with E-state index in [1.807, 2.05) is 18.2 Å². The van der Waals surface area contributed by atoms with Crippen molar-refractivity contribution in [2.75, 3.05) is 49.2 Å². The van der Waals surface area contributed by atoms with Gasteiger partial charge in [-0.05, 0) is 58.0 Å². The molecule has 0 atom stereocenters. The summed E-state index contributed by atoms with van der Waals surface area (Å²) in [6.07, 6.45) is 6.94. The molecule has 0 spiro atoms. The maximum atomic E-state index is 13.3. The molecule has 37 heavy (non-hydrogen) atoms. The van der Waals surface area contributed by atoms with Crippen molar-refractivity contribution in [3.05, 3.63) is 42.4 Å². The molecule has 0 aromatic carbocycles. The molecule has 2 aliphatic heterocycles. The van der Waals surface area contributed by atoms with E-state index in [4.69, 9.17) is 14.1 Å². The van der Waals surface area contributed by atoms with E-state index in [-0.39, 0.29) is 12.6 Å². The molecule has 11 heteroatoms. The highest BCUT2D eigenvalue weighted by Gasteiger charge is 2.24. The Kier molecular flexibility index (Phi) is 7.07. The van der Waals surface area contributed by atoms with E-state index < -0.39 is 15.3 Å². The summed E-state index contributed by atoms with van der Waals surface area (Å²) < 4.78 is 25.5. The summed E-state index contributed by atoms with van der Waals surface area (Å²) in [5.41, 5.74) is 1.73. The summed E-state index contributed by atoms with van der Waals surface area (Å²) >= 11 is 0. The molecule has 196 valence electrons. The van der Waals surface area contributed by atoms with E-state index in [1.165, 1.54) is 6.20 Å². The third-order valence-electron chi connectivity index (χ3n) is 6.69. The maximum absolute atomic E-state index is 13.3. The van der Waals surface area contributed by atoms with Crippen LogP contribution in [0, 0.1) is 11.3 Å². The zero-order valence-corrected chi connectivity index (χ0v) is 22.1. The van der Waals surface area contributed by atoms with Gasteiger partial charge >= 0.3 is 0 Å². The number of ether oxygens (including phenoxy) is 1. The maximum Gasteiger partial charge on any atom is 0.138 e. The van der Waals surface area contributed by atoms with Gasteiger partial charge in [-0.1, -0.05) is 0 Å². The predicted molar refractivity (Wildman–Crippen MR) is 143 cm³/mol. The van der Waals surface area contributed by atoms with Crippen LogP contribution in [-0.4, -0.2) is 79.8 Å². The fourth-order valence-corrected chi connectivity index (χ4v) is 6.89. The fourth-order valence-electron chi connectivity index (χ4n) is 4.71. The van der Waals surface area contributed by atoms with Crippen molar-refractivity contribution in [1.29, 1.82) is 5.26 Å². The van der Waals surface area contributed by atoms with Gasteiger partial charge in [0.05, 0.1) is 44.8 Å². The highest BCUT2D eigenvalue weighted by Crippen LogP contribution is 2.32. The van der Waals surface area contributed by atoms with Crippen LogP contribution in [0.5, 0.6) is 5.75 Å². The average molecular weight is 524 g/mol. The number of aromatic nitrogens is 3. The summed E-state index contributed by atoms with van der Waals surface area (Å²) in [7, 11) is -2.17. The number of rotatable bonds is 6. The zero-order chi connectivity index (χ0) is 26.0. The summed E-state index contributed by atoms with van der Waals surface area (Å²) in [4.78, 5) is 6.86. The number of nitrogens with one attached hydrogen (secondary N) is 1. The quantitative estimate of drug-likeness (QED) is 0.504. The fraction of sp³-hybridized carbons (Fsp3) is 0.500. The number of anilines is 1. The summed E-state index contributed by atoms with van der Waals surface area (Å²) in [5.74, 6) is 2.47. The van der Waals surface area contributed by atoms with E-state index in [1.54, 1.807) is 30.8 Å². The number of aliphatic hydroxyl groups is 1. The minimum Gasteiger partial charge on any atom is -0.489 e. The van der Waals surface area contributed by atoms with E-state index in [9.17, 15) is 14.6 Å². The average Bonchev–Trinajstić information content (AvgIpc) is 3.31. The van der Waals surface area contributed by atoms with Gasteiger partial charge in [-0.15, -0.1) is 0 Å². The number of fused-ring (bicyclic) bond motifs is 1. The van der Waals surface area contributed by atoms with Gasteiger partial charge < -0.3 is 20.1 Å². The van der Waals surface area contributed by atoms with Gasteiger partial charge in [0.25, 0.3) is 0 Å². The molecule has 2 N–H and O–H groups in total. The molecule has 3 aromatic heterocycles. The van der Waals surface area contributed by atoms with Crippen molar-refractivity contribution >= 4 is 21.1 Å². The van der Waals surface area contributed by atoms with E-state index in [0.717, 1.165) is 42.9 Å². The molecule has 5 rings (SSSR count). The standard InChI is InChI=1S/C26H33N7O3S/c1-26(2,34)18-36-22-13-23(25-20(14-27)16-30-33(25)17-22)19-3-4-24(29-15-19)32-9-11-37(35,12-10-32)31-21-5-7-28-8-6-21/h3-4,13,15-17,21,28,34H,5-12,18H2,1-2H3. The summed E-state index contributed by atoms with van der Waals surface area (Å²) in [6.45, 7) is 6.68. The highest BCUT2D eigenvalue weighted by molar-refractivity contribution is 7.93. The van der Waals surface area contributed by atoms with Crippen LogP contribution >= 0.6 is 0 Å². The molecule has 0 saturated carbocycles. The monoisotopic (exact) mass is 523 g/mol. The number of hydrogen-bond donors (Lipinski definition) is 2. The SMILES string of the molecule is CC(C)(O)COc1cc(-c2ccc(N3CCS(=O)(=NC4CCNCC4)CC3)nc2)c2c(C#N)cnn2c1. The van der Waals surface area contributed by atoms with Gasteiger partial charge in [0.1, 0.15) is 24.2 Å². The van der Waals surface area contributed by atoms with Crippen LogP contribution in [0.2, 0.25) is 0 Å². The Balaban J connectivity index is 1.36. The number of nitriles is 1. The Labute approximate surface area is 217 Å². The van der Waals surface area contributed by atoms with Crippen molar-refractivity contribution in [2.45, 2.75) is 38.3 Å². The van der Waals surface area contributed by atoms with Crippen molar-refractivity contribution in [3.8, 4) is 22.9 Å². The topological polar surface area (TPSA) is 128 Å². The first kappa shape index (κ1) is 25.4. The Morgan fingerprint density at radius 2 is 2.03 bits per heavy atom. The summed E-state index contributed by atoms with van der Waals surface area (Å²) in [5, 5.41) is 27.3. The van der Waals surface area contributed by atoms with Crippen LogP contribution < -0.4 is 15.0 Å². The third-order valence-corrected chi connectivity index (χ3v) is 9.02. The molecule has 2 fully saturated rings. The lowest BCUT2D eigenvalue weighted by molar-refractivity contribution is 0.0283. The largest absolute Gasteiger partial charge is 0.489 e. The van der Waals surface area contributed by atoms with E-state index in [2.05, 4.69) is 21.4 Å². The van der Waals surface area contributed by atoms with Gasteiger partial charge in [0.15, 0.2) is 0 Å². The number of pyridine rings is 2. The Morgan fingerprint density at radius 1 is 1.27 bits per heavy atom. The molecule has 3 aromatic rings. The van der Waals surface area contributed by atoms with Crippen LogP contribution in [0.15, 0.2) is 41.2 Å². The second-order valence-electron chi connectivity index (χ2n) is 10.3. The van der Waals surface area contributed by atoms with Crippen LogP contribution in [0.1, 0.15) is 32.3 Å². The molecule has 10 nitrogen and oxygen atoms in total. The molecular formula is C26H33N7O3S. The van der Waals surface area contributed by atoms with Crippen molar-refractivity contribution in [1.82, 2.24) is 19.9 Å². The smallest absolute Gasteiger partial charge is 0.138 e. The van der Waals surface area contributed by atoms with Crippen molar-refractivity contribution in [2.24, 2.45) is 4.36 Å². The number of nitrogens with zero attached hydrogens (tertiary/aromatic N) is 6. The Morgan fingerprint density at radius 3 is 2.68 bits per heavy atom. The minimum atomic E-state index is -2.17.